The van der Waals surface area contributed by atoms with Gasteiger partial charge >= 0.3 is 6.36 Å². The fourth-order valence-corrected chi connectivity index (χ4v) is 3.23. The summed E-state index contributed by atoms with van der Waals surface area (Å²) in [7, 11) is -3.22. The summed E-state index contributed by atoms with van der Waals surface area (Å²) in [5, 5.41) is -0.593. The lowest BCUT2D eigenvalue weighted by Gasteiger charge is -2.16. The van der Waals surface area contributed by atoms with E-state index in [1.165, 1.54) is 17.0 Å². The third kappa shape index (κ3) is 4.12. The summed E-state index contributed by atoms with van der Waals surface area (Å²) < 4.78 is 62.8. The number of nitrogens with zero attached hydrogens (tertiary/aromatic N) is 1. The Kier molecular flexibility index (Phi) is 4.37. The van der Waals surface area contributed by atoms with Gasteiger partial charge in [-0.2, -0.15) is 0 Å². The maximum atomic E-state index is 12.2. The molecule has 1 aliphatic heterocycles. The minimum Gasteiger partial charge on any atom is -0.406 e. The molecule has 1 aromatic carbocycles. The second kappa shape index (κ2) is 5.79. The molecule has 1 atom stereocenters. The summed E-state index contributed by atoms with van der Waals surface area (Å²) in [6.45, 7) is 0.399. The van der Waals surface area contributed by atoms with Gasteiger partial charge in [0.05, 0.1) is 5.25 Å². The zero-order valence-corrected chi connectivity index (χ0v) is 12.4. The third-order valence-electron chi connectivity index (χ3n) is 3.37. The smallest absolute Gasteiger partial charge is 0.406 e. The molecule has 1 aliphatic rings. The van der Waals surface area contributed by atoms with Crippen molar-refractivity contribution >= 4 is 15.7 Å². The maximum Gasteiger partial charge on any atom is 0.573 e. The molecule has 0 saturated carbocycles. The van der Waals surface area contributed by atoms with Crippen LogP contribution < -0.4 is 4.74 Å². The molecule has 2 rings (SSSR count). The highest BCUT2D eigenvalue weighted by molar-refractivity contribution is 7.91. The number of benzene rings is 1. The summed E-state index contributed by atoms with van der Waals surface area (Å²) in [4.78, 5) is 13.6. The Hall–Kier alpha value is -1.77. The Labute approximate surface area is 125 Å². The lowest BCUT2D eigenvalue weighted by Crippen LogP contribution is -2.31. The van der Waals surface area contributed by atoms with Crippen LogP contribution in [0, 0.1) is 0 Å². The molecule has 0 spiro atoms. The molecule has 1 heterocycles. The molecule has 0 bridgehead atoms. The average molecular weight is 337 g/mol. The number of carbonyl (C=O) groups is 1. The van der Waals surface area contributed by atoms with E-state index in [2.05, 4.69) is 4.74 Å². The number of ether oxygens (including phenoxy) is 1. The predicted molar refractivity (Wildman–Crippen MR) is 72.3 cm³/mol. The molecule has 1 fully saturated rings. The molecule has 0 N–H and O–H groups in total. The number of halogens is 3. The van der Waals surface area contributed by atoms with E-state index in [0.29, 0.717) is 13.0 Å². The van der Waals surface area contributed by atoms with Crippen LogP contribution in [-0.4, -0.2) is 50.2 Å². The van der Waals surface area contributed by atoms with Crippen molar-refractivity contribution in [2.24, 2.45) is 0 Å². The fourth-order valence-electron chi connectivity index (χ4n) is 2.24. The SMILES string of the molecule is CS(=O)(=O)[C@H]1CCN(C(=O)c2ccc(OC(F)(F)F)cc2)C1. The van der Waals surface area contributed by atoms with Gasteiger partial charge < -0.3 is 9.64 Å². The van der Waals surface area contributed by atoms with Gasteiger partial charge in [0.15, 0.2) is 9.84 Å². The second-order valence-corrected chi connectivity index (χ2v) is 7.39. The molecular formula is C13H14F3NO4S. The molecule has 22 heavy (non-hydrogen) atoms. The van der Waals surface area contributed by atoms with Crippen LogP contribution >= 0.6 is 0 Å². The molecule has 1 amide bonds. The number of carbonyl (C=O) groups excluding carboxylic acids is 1. The third-order valence-corrected chi connectivity index (χ3v) is 4.97. The summed E-state index contributed by atoms with van der Waals surface area (Å²) in [5.74, 6) is -0.829. The van der Waals surface area contributed by atoms with E-state index in [1.807, 2.05) is 0 Å². The minimum atomic E-state index is -4.79. The molecule has 1 aromatic rings. The first-order valence-electron chi connectivity index (χ1n) is 6.40. The first-order chi connectivity index (χ1) is 10.1. The summed E-state index contributed by atoms with van der Waals surface area (Å²) in [5.41, 5.74) is 0.184. The van der Waals surface area contributed by atoms with Gasteiger partial charge in [-0.15, -0.1) is 13.2 Å². The predicted octanol–water partition coefficient (Wildman–Crippen LogP) is 1.84. The minimum absolute atomic E-state index is 0.0957. The topological polar surface area (TPSA) is 63.7 Å². The monoisotopic (exact) mass is 337 g/mol. The van der Waals surface area contributed by atoms with E-state index in [9.17, 15) is 26.4 Å². The Bertz CT molecular complexity index is 655. The van der Waals surface area contributed by atoms with Gasteiger partial charge in [0.1, 0.15) is 5.75 Å². The second-order valence-electron chi connectivity index (χ2n) is 5.06. The van der Waals surface area contributed by atoms with Crippen LogP contribution in [0.4, 0.5) is 13.2 Å². The average Bonchev–Trinajstić information content (AvgIpc) is 2.86. The van der Waals surface area contributed by atoms with Gasteiger partial charge in [0.2, 0.25) is 0 Å². The number of alkyl halides is 3. The molecular weight excluding hydrogens is 323 g/mol. The normalized spacial score (nSPS) is 19.3. The lowest BCUT2D eigenvalue weighted by molar-refractivity contribution is -0.274. The number of likely N-dealkylation sites (tertiary alicyclic amines) is 1. The van der Waals surface area contributed by atoms with Crippen molar-refractivity contribution in [3.05, 3.63) is 29.8 Å². The Morgan fingerprint density at radius 1 is 1.27 bits per heavy atom. The van der Waals surface area contributed by atoms with E-state index in [0.717, 1.165) is 18.4 Å². The van der Waals surface area contributed by atoms with Crippen molar-refractivity contribution in [2.45, 2.75) is 18.0 Å². The van der Waals surface area contributed by atoms with Crippen LogP contribution in [0.15, 0.2) is 24.3 Å². The number of hydrogen-bond acceptors (Lipinski definition) is 4. The number of rotatable bonds is 3. The molecule has 9 heteroatoms. The van der Waals surface area contributed by atoms with Crippen molar-refractivity contribution in [2.75, 3.05) is 19.3 Å². The van der Waals surface area contributed by atoms with Crippen LogP contribution in [0.25, 0.3) is 0 Å². The number of hydrogen-bond donors (Lipinski definition) is 0. The highest BCUT2D eigenvalue weighted by Gasteiger charge is 2.33. The van der Waals surface area contributed by atoms with Gasteiger partial charge in [0.25, 0.3) is 5.91 Å². The zero-order chi connectivity index (χ0) is 16.5. The van der Waals surface area contributed by atoms with Crippen molar-refractivity contribution in [3.63, 3.8) is 0 Å². The van der Waals surface area contributed by atoms with Crippen LogP contribution in [-0.2, 0) is 9.84 Å². The van der Waals surface area contributed by atoms with Gasteiger partial charge in [0, 0.05) is 24.9 Å². The van der Waals surface area contributed by atoms with E-state index in [-0.39, 0.29) is 12.1 Å². The summed E-state index contributed by atoms with van der Waals surface area (Å²) >= 11 is 0. The largest absolute Gasteiger partial charge is 0.573 e. The first-order valence-corrected chi connectivity index (χ1v) is 8.36. The van der Waals surface area contributed by atoms with Crippen LogP contribution in [0.1, 0.15) is 16.8 Å². The van der Waals surface area contributed by atoms with Crippen LogP contribution in [0.5, 0.6) is 5.75 Å². The standard InChI is InChI=1S/C13H14F3NO4S/c1-22(19,20)11-6-7-17(8-11)12(18)9-2-4-10(5-3-9)21-13(14,15)16/h2-5,11H,6-8H2,1H3/t11-/m0/s1. The fraction of sp³-hybridized carbons (Fsp3) is 0.462. The molecule has 0 aromatic heterocycles. The van der Waals surface area contributed by atoms with Crippen LogP contribution in [0.3, 0.4) is 0 Å². The molecule has 1 saturated heterocycles. The van der Waals surface area contributed by atoms with Crippen molar-refractivity contribution < 1.29 is 31.1 Å². The molecule has 0 radical (unpaired) electrons. The Morgan fingerprint density at radius 3 is 2.32 bits per heavy atom. The number of sulfone groups is 1. The molecule has 0 aliphatic carbocycles. The van der Waals surface area contributed by atoms with Gasteiger partial charge in [-0.1, -0.05) is 0 Å². The van der Waals surface area contributed by atoms with Crippen LogP contribution in [0.2, 0.25) is 0 Å². The van der Waals surface area contributed by atoms with Crippen molar-refractivity contribution in [3.8, 4) is 5.75 Å². The van der Waals surface area contributed by atoms with Gasteiger partial charge in [-0.05, 0) is 30.7 Å². The summed E-state index contributed by atoms with van der Waals surface area (Å²) in [6, 6.07) is 4.53. The lowest BCUT2D eigenvalue weighted by atomic mass is 10.2. The highest BCUT2D eigenvalue weighted by Crippen LogP contribution is 2.24. The van der Waals surface area contributed by atoms with E-state index < -0.39 is 33.1 Å². The quantitative estimate of drug-likeness (QED) is 0.844. The first kappa shape index (κ1) is 16.6. The molecule has 122 valence electrons. The van der Waals surface area contributed by atoms with E-state index >= 15 is 0 Å². The summed E-state index contributed by atoms with van der Waals surface area (Å²) in [6.07, 6.45) is -3.31. The van der Waals surface area contributed by atoms with Crippen molar-refractivity contribution in [1.82, 2.24) is 4.90 Å². The molecule has 5 nitrogen and oxygen atoms in total. The maximum absolute atomic E-state index is 12.2. The Balaban J connectivity index is 2.05. The number of amides is 1. The van der Waals surface area contributed by atoms with Gasteiger partial charge in [-0.25, -0.2) is 8.42 Å². The molecule has 0 unspecified atom stereocenters. The highest BCUT2D eigenvalue weighted by atomic mass is 32.2. The zero-order valence-electron chi connectivity index (χ0n) is 11.6. The van der Waals surface area contributed by atoms with Crippen molar-refractivity contribution in [1.29, 1.82) is 0 Å². The van der Waals surface area contributed by atoms with Gasteiger partial charge in [-0.3, -0.25) is 4.79 Å². The van der Waals surface area contributed by atoms with E-state index in [4.69, 9.17) is 0 Å². The Morgan fingerprint density at radius 2 is 1.86 bits per heavy atom. The van der Waals surface area contributed by atoms with E-state index in [1.54, 1.807) is 0 Å².